The number of hydrogen-bond acceptors (Lipinski definition) is 3. The lowest BCUT2D eigenvalue weighted by Gasteiger charge is -2.11. The van der Waals surface area contributed by atoms with Crippen molar-refractivity contribution in [2.75, 3.05) is 0 Å². The van der Waals surface area contributed by atoms with Crippen LogP contribution < -0.4 is 0 Å². The second-order valence-electron chi connectivity index (χ2n) is 6.55. The molecule has 0 aliphatic rings. The lowest BCUT2D eigenvalue weighted by Crippen LogP contribution is -1.96. The molecule has 0 aliphatic carbocycles. The van der Waals surface area contributed by atoms with E-state index in [2.05, 4.69) is 29.2 Å². The second-order valence-corrected chi connectivity index (χ2v) is 6.55. The Morgan fingerprint density at radius 3 is 2.50 bits per heavy atom. The smallest absolute Gasteiger partial charge is 0.335 e. The highest BCUT2D eigenvalue weighted by atomic mass is 16.4. The van der Waals surface area contributed by atoms with Crippen LogP contribution in [0.4, 0.5) is 0 Å². The number of carboxylic acids is 1. The fourth-order valence-electron chi connectivity index (χ4n) is 3.97. The van der Waals surface area contributed by atoms with Gasteiger partial charge in [0.05, 0.1) is 16.6 Å². The topological polar surface area (TPSA) is 67.5 Å². The quantitative estimate of drug-likeness (QED) is 0.449. The first-order valence-electron chi connectivity index (χ1n) is 8.27. The predicted octanol–water partition coefficient (Wildman–Crippen LogP) is 4.48. The molecule has 6 aromatic rings. The molecule has 5 nitrogen and oxygen atoms in total. The lowest BCUT2D eigenvalue weighted by atomic mass is 9.97. The van der Waals surface area contributed by atoms with Gasteiger partial charge in [-0.25, -0.2) is 9.78 Å². The molecule has 0 saturated heterocycles. The van der Waals surface area contributed by atoms with Crippen LogP contribution in [0.5, 0.6) is 0 Å². The first kappa shape index (κ1) is 13.5. The summed E-state index contributed by atoms with van der Waals surface area (Å²) in [6, 6.07) is 13.3. The van der Waals surface area contributed by atoms with Crippen LogP contribution in [0.15, 0.2) is 61.1 Å². The fourth-order valence-corrected chi connectivity index (χ4v) is 3.97. The maximum absolute atomic E-state index is 11.3. The normalized spacial score (nSPS) is 12.2. The van der Waals surface area contributed by atoms with Gasteiger partial charge in [0.15, 0.2) is 0 Å². The molecule has 0 fully saturated rings. The molecule has 0 spiro atoms. The maximum atomic E-state index is 11.3. The molecular formula is C21H11N3O2. The first-order chi connectivity index (χ1) is 12.7. The Labute approximate surface area is 146 Å². The Bertz CT molecular complexity index is 1500. The number of aromatic carboxylic acids is 1. The number of hydrogen-bond donors (Lipinski definition) is 1. The van der Waals surface area contributed by atoms with Crippen LogP contribution in [0.25, 0.3) is 49.0 Å². The number of nitrogens with zero attached hydrogens (tertiary/aromatic N) is 3. The summed E-state index contributed by atoms with van der Waals surface area (Å²) in [6.45, 7) is 0. The monoisotopic (exact) mass is 337 g/mol. The van der Waals surface area contributed by atoms with Crippen molar-refractivity contribution >= 4 is 55.0 Å². The van der Waals surface area contributed by atoms with Gasteiger partial charge in [0, 0.05) is 45.5 Å². The lowest BCUT2D eigenvalue weighted by molar-refractivity contribution is 0.0697. The Kier molecular flexibility index (Phi) is 2.32. The molecule has 0 saturated carbocycles. The summed E-state index contributed by atoms with van der Waals surface area (Å²) < 4.78 is 1.99. The highest BCUT2D eigenvalue weighted by molar-refractivity contribution is 6.25. The van der Waals surface area contributed by atoms with Crippen molar-refractivity contribution < 1.29 is 9.90 Å². The maximum Gasteiger partial charge on any atom is 0.335 e. The van der Waals surface area contributed by atoms with Crippen LogP contribution >= 0.6 is 0 Å². The Morgan fingerprint density at radius 2 is 1.69 bits per heavy atom. The molecule has 3 aromatic carbocycles. The van der Waals surface area contributed by atoms with Gasteiger partial charge < -0.3 is 5.11 Å². The number of carboxylic acid groups (broad SMARTS) is 1. The molecular weight excluding hydrogens is 326 g/mol. The third-order valence-electron chi connectivity index (χ3n) is 5.13. The van der Waals surface area contributed by atoms with Crippen molar-refractivity contribution in [2.45, 2.75) is 0 Å². The summed E-state index contributed by atoms with van der Waals surface area (Å²) in [7, 11) is 0. The van der Waals surface area contributed by atoms with Crippen molar-refractivity contribution in [1.29, 1.82) is 0 Å². The van der Waals surface area contributed by atoms with E-state index in [4.69, 9.17) is 4.98 Å². The average molecular weight is 337 g/mol. The summed E-state index contributed by atoms with van der Waals surface area (Å²) in [4.78, 5) is 20.4. The van der Waals surface area contributed by atoms with Crippen LogP contribution in [0.3, 0.4) is 0 Å². The van der Waals surface area contributed by atoms with E-state index in [1.165, 1.54) is 10.8 Å². The molecule has 26 heavy (non-hydrogen) atoms. The van der Waals surface area contributed by atoms with Gasteiger partial charge in [-0.3, -0.25) is 9.38 Å². The van der Waals surface area contributed by atoms with Crippen LogP contribution in [0.1, 0.15) is 10.4 Å². The minimum atomic E-state index is -0.938. The molecule has 3 heterocycles. The Morgan fingerprint density at radius 1 is 0.923 bits per heavy atom. The number of carbonyl (C=O) groups is 1. The zero-order valence-electron chi connectivity index (χ0n) is 13.5. The second kappa shape index (κ2) is 4.46. The summed E-state index contributed by atoms with van der Waals surface area (Å²) in [5.41, 5.74) is 2.68. The molecule has 0 radical (unpaired) electrons. The number of aromatic nitrogens is 3. The van der Waals surface area contributed by atoms with E-state index in [0.29, 0.717) is 0 Å². The van der Waals surface area contributed by atoms with E-state index in [0.717, 1.165) is 38.2 Å². The predicted molar refractivity (Wildman–Crippen MR) is 101 cm³/mol. The van der Waals surface area contributed by atoms with Crippen LogP contribution in [0, 0.1) is 0 Å². The Balaban J connectivity index is 1.89. The van der Waals surface area contributed by atoms with Gasteiger partial charge in [0.25, 0.3) is 0 Å². The van der Waals surface area contributed by atoms with Crippen molar-refractivity contribution in [3.63, 3.8) is 0 Å². The largest absolute Gasteiger partial charge is 0.478 e. The molecule has 0 atom stereocenters. The summed E-state index contributed by atoms with van der Waals surface area (Å²) in [6.07, 6.45) is 5.80. The Hall–Kier alpha value is -3.73. The van der Waals surface area contributed by atoms with Crippen molar-refractivity contribution in [3.8, 4) is 0 Å². The van der Waals surface area contributed by atoms with E-state index in [-0.39, 0.29) is 5.56 Å². The average Bonchev–Trinajstić information content (AvgIpc) is 3.03. The zero-order valence-corrected chi connectivity index (χ0v) is 13.5. The number of imidazole rings is 1. The molecule has 3 aromatic heterocycles. The van der Waals surface area contributed by atoms with E-state index >= 15 is 0 Å². The van der Waals surface area contributed by atoms with Crippen molar-refractivity contribution in [3.05, 3.63) is 66.6 Å². The molecule has 0 aliphatic heterocycles. The number of rotatable bonds is 1. The molecule has 0 amide bonds. The molecule has 5 heteroatoms. The highest BCUT2D eigenvalue weighted by Gasteiger charge is 2.15. The van der Waals surface area contributed by atoms with Gasteiger partial charge in [-0.15, -0.1) is 0 Å². The van der Waals surface area contributed by atoms with Crippen LogP contribution in [-0.4, -0.2) is 25.4 Å². The van der Waals surface area contributed by atoms with E-state index in [1.807, 2.05) is 23.0 Å². The third-order valence-corrected chi connectivity index (χ3v) is 5.13. The van der Waals surface area contributed by atoms with Crippen molar-refractivity contribution in [2.24, 2.45) is 0 Å². The van der Waals surface area contributed by atoms with Crippen molar-refractivity contribution in [1.82, 2.24) is 14.4 Å². The third kappa shape index (κ3) is 1.57. The van der Waals surface area contributed by atoms with Gasteiger partial charge in [0.2, 0.25) is 0 Å². The molecule has 122 valence electrons. The molecule has 1 N–H and O–H groups in total. The van der Waals surface area contributed by atoms with E-state index in [1.54, 1.807) is 18.2 Å². The van der Waals surface area contributed by atoms with E-state index in [9.17, 15) is 9.90 Å². The van der Waals surface area contributed by atoms with E-state index < -0.39 is 5.97 Å². The number of fused-ring (bicyclic) bond motifs is 4. The SMILES string of the molecule is O=C(O)c1ccc2nc3c4ccc5cncc6ccc(cn3c2c1)c4c65. The van der Waals surface area contributed by atoms with Gasteiger partial charge >= 0.3 is 5.97 Å². The van der Waals surface area contributed by atoms with Gasteiger partial charge in [-0.05, 0) is 29.7 Å². The fraction of sp³-hybridized carbons (Fsp3) is 0. The highest BCUT2D eigenvalue weighted by Crippen LogP contribution is 2.36. The van der Waals surface area contributed by atoms with Crippen LogP contribution in [0.2, 0.25) is 0 Å². The number of pyridine rings is 2. The minimum absolute atomic E-state index is 0.260. The number of benzene rings is 3. The van der Waals surface area contributed by atoms with Gasteiger partial charge in [-0.1, -0.05) is 18.2 Å². The standard InChI is InChI=1S/C21H11N3O2/c25-21(26)11-4-6-16-17(7-11)24-10-14-2-1-12-8-22-9-13-3-5-15(20(24)23-16)19(14)18(12)13/h1-10H,(H,25,26). The molecule has 0 bridgehead atoms. The molecule has 0 unspecified atom stereocenters. The van der Waals surface area contributed by atoms with Gasteiger partial charge in [0.1, 0.15) is 5.65 Å². The zero-order chi connectivity index (χ0) is 17.4. The summed E-state index contributed by atoms with van der Waals surface area (Å²) >= 11 is 0. The summed E-state index contributed by atoms with van der Waals surface area (Å²) in [5, 5.41) is 16.0. The minimum Gasteiger partial charge on any atom is -0.478 e. The molecule has 6 rings (SSSR count). The first-order valence-corrected chi connectivity index (χ1v) is 8.27. The van der Waals surface area contributed by atoms with Crippen LogP contribution in [-0.2, 0) is 0 Å². The van der Waals surface area contributed by atoms with Gasteiger partial charge in [-0.2, -0.15) is 0 Å². The summed E-state index contributed by atoms with van der Waals surface area (Å²) in [5.74, 6) is -0.938.